The van der Waals surface area contributed by atoms with Crippen LogP contribution >= 0.6 is 0 Å². The molecule has 0 saturated heterocycles. The van der Waals surface area contributed by atoms with E-state index in [1.54, 1.807) is 0 Å². The van der Waals surface area contributed by atoms with Gasteiger partial charge in [0.1, 0.15) is 5.58 Å². The number of fused-ring (bicyclic) bond motifs is 3. The topological polar surface area (TPSA) is 35.1 Å². The van der Waals surface area contributed by atoms with Crippen molar-refractivity contribution in [2.75, 3.05) is 0 Å². The first-order valence-electron chi connectivity index (χ1n) is 7.39. The maximum atomic E-state index is 11.4. The number of hydrogen-bond donors (Lipinski definition) is 0. The minimum absolute atomic E-state index is 0.315. The van der Waals surface area contributed by atoms with E-state index < -0.39 is 0 Å². The first-order valence-corrected chi connectivity index (χ1v) is 7.39. The summed E-state index contributed by atoms with van der Waals surface area (Å²) < 4.78 is 7.58. The predicted molar refractivity (Wildman–Crippen MR) is 89.1 cm³/mol. The van der Waals surface area contributed by atoms with Crippen molar-refractivity contribution in [1.82, 2.24) is 4.57 Å². The van der Waals surface area contributed by atoms with Gasteiger partial charge in [0.15, 0.2) is 0 Å². The van der Waals surface area contributed by atoms with E-state index in [1.807, 2.05) is 36.4 Å². The normalized spacial score (nSPS) is 11.3. The summed E-state index contributed by atoms with van der Waals surface area (Å²) in [6, 6.07) is 19.7. The lowest BCUT2D eigenvalue weighted by Gasteiger charge is -2.08. The third-order valence-corrected chi connectivity index (χ3v) is 4.07. The van der Waals surface area contributed by atoms with Crippen LogP contribution in [0.3, 0.4) is 0 Å². The lowest BCUT2D eigenvalue weighted by atomic mass is 10.1. The molecule has 3 nitrogen and oxygen atoms in total. The van der Waals surface area contributed by atoms with Crippen LogP contribution in [-0.2, 0) is 6.54 Å². The van der Waals surface area contributed by atoms with Gasteiger partial charge in [-0.1, -0.05) is 30.3 Å². The molecule has 0 N–H and O–H groups in total. The molecule has 2 heterocycles. The largest absolute Gasteiger partial charge is 0.423 e. The van der Waals surface area contributed by atoms with Gasteiger partial charge in [-0.3, -0.25) is 0 Å². The van der Waals surface area contributed by atoms with Gasteiger partial charge in [0.25, 0.3) is 0 Å². The highest BCUT2D eigenvalue weighted by molar-refractivity contribution is 6.06. The van der Waals surface area contributed by atoms with Crippen LogP contribution in [0.4, 0.5) is 0 Å². The van der Waals surface area contributed by atoms with Crippen molar-refractivity contribution in [3.8, 4) is 11.3 Å². The SMILES string of the molecule is CCn1c(-c2ccccc2)cc2c3ccc(=O)oc3ccc21. The Hall–Kier alpha value is -2.81. The van der Waals surface area contributed by atoms with Gasteiger partial charge in [0, 0.05) is 34.6 Å². The second-order valence-electron chi connectivity index (χ2n) is 5.30. The Morgan fingerprint density at radius 2 is 1.77 bits per heavy atom. The van der Waals surface area contributed by atoms with E-state index in [9.17, 15) is 4.79 Å². The molecule has 0 amide bonds. The molecule has 0 atom stereocenters. The van der Waals surface area contributed by atoms with Crippen LogP contribution in [-0.4, -0.2) is 4.57 Å². The third kappa shape index (κ3) is 1.86. The summed E-state index contributed by atoms with van der Waals surface area (Å²) in [5.74, 6) is 0. The summed E-state index contributed by atoms with van der Waals surface area (Å²) in [5.41, 5.74) is 3.84. The van der Waals surface area contributed by atoms with E-state index in [0.717, 1.165) is 22.8 Å². The summed E-state index contributed by atoms with van der Waals surface area (Å²) >= 11 is 0. The lowest BCUT2D eigenvalue weighted by Crippen LogP contribution is -1.97. The van der Waals surface area contributed by atoms with E-state index in [1.165, 1.54) is 17.3 Å². The van der Waals surface area contributed by atoms with Crippen molar-refractivity contribution in [3.05, 3.63) is 71.1 Å². The molecule has 108 valence electrons. The molecule has 0 spiro atoms. The molecule has 4 rings (SSSR count). The lowest BCUT2D eigenvalue weighted by molar-refractivity contribution is 0.561. The van der Waals surface area contributed by atoms with E-state index >= 15 is 0 Å². The summed E-state index contributed by atoms with van der Waals surface area (Å²) in [6.07, 6.45) is 0. The van der Waals surface area contributed by atoms with Gasteiger partial charge < -0.3 is 8.98 Å². The number of nitrogens with zero attached hydrogens (tertiary/aromatic N) is 1. The molecular weight excluding hydrogens is 274 g/mol. The Kier molecular flexibility index (Phi) is 2.86. The van der Waals surface area contributed by atoms with Gasteiger partial charge in [-0.25, -0.2) is 4.79 Å². The van der Waals surface area contributed by atoms with Gasteiger partial charge in [0.05, 0.1) is 0 Å². The maximum Gasteiger partial charge on any atom is 0.336 e. The highest BCUT2D eigenvalue weighted by atomic mass is 16.4. The monoisotopic (exact) mass is 289 g/mol. The molecule has 3 heteroatoms. The third-order valence-electron chi connectivity index (χ3n) is 4.07. The first-order chi connectivity index (χ1) is 10.8. The fourth-order valence-electron chi connectivity index (χ4n) is 3.08. The van der Waals surface area contributed by atoms with Crippen LogP contribution in [0.25, 0.3) is 33.1 Å². The molecule has 0 saturated carbocycles. The minimum atomic E-state index is -0.315. The molecule has 4 aromatic rings. The number of aromatic nitrogens is 1. The van der Waals surface area contributed by atoms with Crippen molar-refractivity contribution in [2.24, 2.45) is 0 Å². The quantitative estimate of drug-likeness (QED) is 0.511. The Balaban J connectivity index is 2.11. The Labute approximate surface area is 127 Å². The van der Waals surface area contributed by atoms with E-state index in [2.05, 4.69) is 29.7 Å². The zero-order valence-electron chi connectivity index (χ0n) is 12.2. The van der Waals surface area contributed by atoms with Gasteiger partial charge >= 0.3 is 5.63 Å². The molecule has 0 aliphatic carbocycles. The van der Waals surface area contributed by atoms with E-state index in [-0.39, 0.29) is 5.63 Å². The number of benzene rings is 2. The number of aryl methyl sites for hydroxylation is 1. The molecule has 0 radical (unpaired) electrons. The van der Waals surface area contributed by atoms with Crippen molar-refractivity contribution in [1.29, 1.82) is 0 Å². The zero-order chi connectivity index (χ0) is 15.1. The van der Waals surface area contributed by atoms with E-state index in [4.69, 9.17) is 4.42 Å². The molecule has 0 fully saturated rings. The number of hydrogen-bond acceptors (Lipinski definition) is 2. The standard InChI is InChI=1S/C19H15NO2/c1-2-20-16-9-10-18-14(8-11-19(21)22-18)15(16)12-17(20)13-6-4-3-5-7-13/h3-12H,2H2,1H3. The predicted octanol–water partition coefficient (Wildman–Crippen LogP) is 4.43. The van der Waals surface area contributed by atoms with Crippen LogP contribution in [0.1, 0.15) is 6.92 Å². The summed E-state index contributed by atoms with van der Waals surface area (Å²) in [5, 5.41) is 2.09. The van der Waals surface area contributed by atoms with Crippen molar-refractivity contribution in [3.63, 3.8) is 0 Å². The molecule has 2 aromatic carbocycles. The average molecular weight is 289 g/mol. The van der Waals surface area contributed by atoms with Crippen molar-refractivity contribution >= 4 is 21.9 Å². The second-order valence-corrected chi connectivity index (χ2v) is 5.30. The number of rotatable bonds is 2. The fourth-order valence-corrected chi connectivity index (χ4v) is 3.08. The van der Waals surface area contributed by atoms with Crippen molar-refractivity contribution < 1.29 is 4.42 Å². The fraction of sp³-hybridized carbons (Fsp3) is 0.105. The van der Waals surface area contributed by atoms with Crippen LogP contribution in [0.2, 0.25) is 0 Å². The zero-order valence-corrected chi connectivity index (χ0v) is 12.2. The second kappa shape index (κ2) is 4.88. The smallest absolute Gasteiger partial charge is 0.336 e. The molecule has 2 aromatic heterocycles. The van der Waals surface area contributed by atoms with Gasteiger partial charge in [-0.15, -0.1) is 0 Å². The average Bonchev–Trinajstić information content (AvgIpc) is 2.94. The van der Waals surface area contributed by atoms with Gasteiger partial charge in [-0.2, -0.15) is 0 Å². The van der Waals surface area contributed by atoms with Gasteiger partial charge in [0.2, 0.25) is 0 Å². The van der Waals surface area contributed by atoms with E-state index in [0.29, 0.717) is 5.58 Å². The molecule has 0 bridgehead atoms. The molecular formula is C19H15NO2. The Morgan fingerprint density at radius 3 is 2.55 bits per heavy atom. The molecule has 22 heavy (non-hydrogen) atoms. The Bertz CT molecular complexity index is 1030. The summed E-state index contributed by atoms with van der Waals surface area (Å²) in [4.78, 5) is 11.4. The maximum absolute atomic E-state index is 11.4. The Morgan fingerprint density at radius 1 is 0.955 bits per heavy atom. The minimum Gasteiger partial charge on any atom is -0.423 e. The van der Waals surface area contributed by atoms with Crippen LogP contribution in [0.15, 0.2) is 69.9 Å². The summed E-state index contributed by atoms with van der Waals surface area (Å²) in [7, 11) is 0. The summed E-state index contributed by atoms with van der Waals surface area (Å²) in [6.45, 7) is 3.03. The van der Waals surface area contributed by atoms with Crippen molar-refractivity contribution in [2.45, 2.75) is 13.5 Å². The molecule has 0 aliphatic rings. The highest BCUT2D eigenvalue weighted by Crippen LogP contribution is 2.32. The van der Waals surface area contributed by atoms with Crippen LogP contribution in [0, 0.1) is 0 Å². The molecule has 0 aliphatic heterocycles. The van der Waals surface area contributed by atoms with Crippen LogP contribution in [0.5, 0.6) is 0 Å². The first kappa shape index (κ1) is 12.9. The van der Waals surface area contributed by atoms with Crippen LogP contribution < -0.4 is 5.63 Å². The molecule has 0 unspecified atom stereocenters. The highest BCUT2D eigenvalue weighted by Gasteiger charge is 2.12. The van der Waals surface area contributed by atoms with Gasteiger partial charge in [-0.05, 0) is 36.8 Å².